The van der Waals surface area contributed by atoms with Gasteiger partial charge in [0.2, 0.25) is 0 Å². The smallest absolute Gasteiger partial charge is 0.306 e. The quantitative estimate of drug-likeness (QED) is 0.750. The highest BCUT2D eigenvalue weighted by molar-refractivity contribution is 5.93. The molecule has 142 valence electrons. The number of nitrogens with one attached hydrogen (secondary N) is 1. The van der Waals surface area contributed by atoms with Crippen molar-refractivity contribution in [2.75, 3.05) is 25.1 Å². The Bertz CT molecular complexity index is 625. The van der Waals surface area contributed by atoms with E-state index in [0.29, 0.717) is 36.8 Å². The van der Waals surface area contributed by atoms with Crippen LogP contribution in [0.25, 0.3) is 0 Å². The minimum absolute atomic E-state index is 0.267. The summed E-state index contributed by atoms with van der Waals surface area (Å²) in [4.78, 5) is 23.7. The Morgan fingerprint density at radius 2 is 1.85 bits per heavy atom. The van der Waals surface area contributed by atoms with Gasteiger partial charge in [0.1, 0.15) is 13.2 Å². The number of amides is 1. The molecular formula is C20H27NO5. The van der Waals surface area contributed by atoms with Crippen LogP contribution in [0.5, 0.6) is 11.5 Å². The summed E-state index contributed by atoms with van der Waals surface area (Å²) in [6, 6.07) is 5.19. The highest BCUT2D eigenvalue weighted by Crippen LogP contribution is 2.32. The van der Waals surface area contributed by atoms with Crippen molar-refractivity contribution in [1.29, 1.82) is 0 Å². The molecular weight excluding hydrogens is 334 g/mol. The van der Waals surface area contributed by atoms with Gasteiger partial charge in [0.15, 0.2) is 18.1 Å². The largest absolute Gasteiger partial charge is 0.486 e. The Kier molecular flexibility index (Phi) is 6.75. The fraction of sp³-hybridized carbons (Fsp3) is 0.600. The molecule has 1 saturated carbocycles. The average molecular weight is 361 g/mol. The first-order valence-corrected chi connectivity index (χ1v) is 9.56. The topological polar surface area (TPSA) is 73.9 Å². The zero-order valence-electron chi connectivity index (χ0n) is 15.1. The first kappa shape index (κ1) is 18.5. The maximum atomic E-state index is 11.9. The molecule has 0 spiro atoms. The molecule has 0 atom stereocenters. The molecule has 2 aliphatic rings. The monoisotopic (exact) mass is 361 g/mol. The number of ether oxygens (including phenoxy) is 3. The third kappa shape index (κ3) is 5.64. The second-order valence-electron chi connectivity index (χ2n) is 6.96. The Morgan fingerprint density at radius 1 is 1.08 bits per heavy atom. The molecule has 26 heavy (non-hydrogen) atoms. The SMILES string of the molecule is O=C(COC(=O)CCCC1CCCCC1)Nc1ccc2c(c1)OCCO2. The van der Waals surface area contributed by atoms with Crippen molar-refractivity contribution in [2.45, 2.75) is 51.4 Å². The molecule has 1 amide bonds. The van der Waals surface area contributed by atoms with Gasteiger partial charge >= 0.3 is 5.97 Å². The number of hydrogen-bond donors (Lipinski definition) is 1. The molecule has 1 aromatic carbocycles. The number of rotatable bonds is 7. The zero-order valence-corrected chi connectivity index (χ0v) is 15.1. The number of carbonyl (C=O) groups is 2. The molecule has 0 saturated heterocycles. The van der Waals surface area contributed by atoms with E-state index in [1.165, 1.54) is 32.1 Å². The Morgan fingerprint density at radius 3 is 2.65 bits per heavy atom. The highest BCUT2D eigenvalue weighted by atomic mass is 16.6. The van der Waals surface area contributed by atoms with E-state index in [4.69, 9.17) is 14.2 Å². The molecule has 0 bridgehead atoms. The molecule has 1 aliphatic heterocycles. The van der Waals surface area contributed by atoms with Crippen LogP contribution >= 0.6 is 0 Å². The summed E-state index contributed by atoms with van der Waals surface area (Å²) in [5.41, 5.74) is 0.590. The fourth-order valence-electron chi connectivity index (χ4n) is 3.55. The Labute approximate surface area is 154 Å². The molecule has 1 N–H and O–H groups in total. The van der Waals surface area contributed by atoms with Gasteiger partial charge in [-0.2, -0.15) is 0 Å². The molecule has 1 aliphatic carbocycles. The van der Waals surface area contributed by atoms with Crippen molar-refractivity contribution in [1.82, 2.24) is 0 Å². The summed E-state index contributed by atoms with van der Waals surface area (Å²) in [6.07, 6.45) is 8.85. The van der Waals surface area contributed by atoms with Gasteiger partial charge in [0, 0.05) is 18.2 Å². The lowest BCUT2D eigenvalue weighted by Gasteiger charge is -2.21. The van der Waals surface area contributed by atoms with Crippen molar-refractivity contribution >= 4 is 17.6 Å². The Hall–Kier alpha value is -2.24. The molecule has 3 rings (SSSR count). The number of esters is 1. The predicted octanol–water partition coefficient (Wildman–Crippen LogP) is 3.69. The third-order valence-corrected chi connectivity index (χ3v) is 4.91. The van der Waals surface area contributed by atoms with Gasteiger partial charge in [0.25, 0.3) is 5.91 Å². The van der Waals surface area contributed by atoms with Crippen molar-refractivity contribution in [3.05, 3.63) is 18.2 Å². The van der Waals surface area contributed by atoms with E-state index in [2.05, 4.69) is 5.32 Å². The summed E-state index contributed by atoms with van der Waals surface area (Å²) in [5, 5.41) is 2.70. The minimum atomic E-state index is -0.359. The van der Waals surface area contributed by atoms with Crippen molar-refractivity contribution in [2.24, 2.45) is 5.92 Å². The standard InChI is InChI=1S/C20H27NO5/c22-19(21-16-9-10-17-18(13-16)25-12-11-24-17)14-26-20(23)8-4-7-15-5-2-1-3-6-15/h9-10,13,15H,1-8,11-12,14H2,(H,21,22). The minimum Gasteiger partial charge on any atom is -0.486 e. The lowest BCUT2D eigenvalue weighted by atomic mass is 9.86. The van der Waals surface area contributed by atoms with Crippen LogP contribution in [0.3, 0.4) is 0 Å². The van der Waals surface area contributed by atoms with Crippen molar-refractivity contribution in [3.8, 4) is 11.5 Å². The van der Waals surface area contributed by atoms with E-state index in [9.17, 15) is 9.59 Å². The van der Waals surface area contributed by atoms with Gasteiger partial charge in [-0.05, 0) is 30.9 Å². The van der Waals surface area contributed by atoms with Crippen LogP contribution in [0.1, 0.15) is 51.4 Å². The first-order chi connectivity index (χ1) is 12.7. The number of fused-ring (bicyclic) bond motifs is 1. The molecule has 1 heterocycles. The maximum Gasteiger partial charge on any atom is 0.306 e. The van der Waals surface area contributed by atoms with Gasteiger partial charge in [-0.15, -0.1) is 0 Å². The first-order valence-electron chi connectivity index (χ1n) is 9.56. The summed E-state index contributed by atoms with van der Waals surface area (Å²) in [7, 11) is 0. The summed E-state index contributed by atoms with van der Waals surface area (Å²) in [5.74, 6) is 1.36. The van der Waals surface area contributed by atoms with Crippen LogP contribution in [-0.2, 0) is 14.3 Å². The van der Waals surface area contributed by atoms with E-state index in [1.807, 2.05) is 0 Å². The fourth-order valence-corrected chi connectivity index (χ4v) is 3.55. The predicted molar refractivity (Wildman–Crippen MR) is 97.4 cm³/mol. The van der Waals surface area contributed by atoms with Crippen LogP contribution in [0.15, 0.2) is 18.2 Å². The second-order valence-corrected chi connectivity index (χ2v) is 6.96. The molecule has 1 fully saturated rings. The van der Waals surface area contributed by atoms with Crippen LogP contribution in [0, 0.1) is 5.92 Å². The van der Waals surface area contributed by atoms with E-state index in [0.717, 1.165) is 18.8 Å². The number of anilines is 1. The van der Waals surface area contributed by atoms with E-state index in [1.54, 1.807) is 18.2 Å². The summed E-state index contributed by atoms with van der Waals surface area (Å²) in [6.45, 7) is 0.745. The molecule has 1 aromatic rings. The van der Waals surface area contributed by atoms with Crippen molar-refractivity contribution in [3.63, 3.8) is 0 Å². The molecule has 0 radical (unpaired) electrons. The van der Waals surface area contributed by atoms with Crippen molar-refractivity contribution < 1.29 is 23.8 Å². The normalized spacial score (nSPS) is 16.8. The number of hydrogen-bond acceptors (Lipinski definition) is 5. The number of benzene rings is 1. The maximum absolute atomic E-state index is 11.9. The van der Waals surface area contributed by atoms with Crippen LogP contribution in [-0.4, -0.2) is 31.7 Å². The Balaban J connectivity index is 1.33. The van der Waals surface area contributed by atoms with Gasteiger partial charge in [-0.25, -0.2) is 0 Å². The summed E-state index contributed by atoms with van der Waals surface area (Å²) < 4.78 is 16.0. The van der Waals surface area contributed by atoms with Gasteiger partial charge in [0.05, 0.1) is 0 Å². The van der Waals surface area contributed by atoms with Gasteiger partial charge in [-0.1, -0.05) is 32.1 Å². The molecule has 6 nitrogen and oxygen atoms in total. The molecule has 0 aromatic heterocycles. The second kappa shape index (κ2) is 9.46. The third-order valence-electron chi connectivity index (χ3n) is 4.91. The van der Waals surface area contributed by atoms with Gasteiger partial charge in [-0.3, -0.25) is 9.59 Å². The van der Waals surface area contributed by atoms with Crippen LogP contribution in [0.4, 0.5) is 5.69 Å². The zero-order chi connectivity index (χ0) is 18.2. The van der Waals surface area contributed by atoms with Crippen LogP contribution < -0.4 is 14.8 Å². The molecule has 0 unspecified atom stereocenters. The highest BCUT2D eigenvalue weighted by Gasteiger charge is 2.15. The van der Waals surface area contributed by atoms with E-state index in [-0.39, 0.29) is 18.5 Å². The summed E-state index contributed by atoms with van der Waals surface area (Å²) >= 11 is 0. The molecule has 6 heteroatoms. The lowest BCUT2D eigenvalue weighted by molar-refractivity contribution is -0.147. The average Bonchev–Trinajstić information content (AvgIpc) is 2.67. The van der Waals surface area contributed by atoms with Gasteiger partial charge < -0.3 is 19.5 Å². The van der Waals surface area contributed by atoms with E-state index >= 15 is 0 Å². The van der Waals surface area contributed by atoms with E-state index < -0.39 is 0 Å². The van der Waals surface area contributed by atoms with Crippen LogP contribution in [0.2, 0.25) is 0 Å². The number of carbonyl (C=O) groups excluding carboxylic acids is 2. The lowest BCUT2D eigenvalue weighted by Crippen LogP contribution is -2.21.